The second kappa shape index (κ2) is 9.60. The second-order valence-corrected chi connectivity index (χ2v) is 9.42. The highest BCUT2D eigenvalue weighted by Crippen LogP contribution is 2.44. The molecule has 3 heterocycles. The van der Waals surface area contributed by atoms with Gasteiger partial charge in [-0.1, -0.05) is 50.8 Å². The summed E-state index contributed by atoms with van der Waals surface area (Å²) >= 11 is 0. The van der Waals surface area contributed by atoms with E-state index in [1.54, 1.807) is 6.92 Å². The van der Waals surface area contributed by atoms with Gasteiger partial charge in [0.1, 0.15) is 12.4 Å². The molecule has 2 aliphatic heterocycles. The van der Waals surface area contributed by atoms with Gasteiger partial charge in [0, 0.05) is 50.1 Å². The Hall–Kier alpha value is -2.79. The topological polar surface area (TPSA) is 48.6 Å². The standard InChI is InChI=1S/C27H33N3O2.CH4/c1-20-7-6-10-25-23(12-11-20)24-13-15-30(21(2)31)27(26(24)28-25)14-16-29(19-27)17-18-32-22-8-4-3-5-9-22;/h3-6,8-12,20,28H,7,13-19H2,1-2H3;1H4/b10-6+,12-11-;. The van der Waals surface area contributed by atoms with E-state index in [0.717, 1.165) is 51.2 Å². The van der Waals surface area contributed by atoms with Gasteiger partial charge in [-0.25, -0.2) is 0 Å². The van der Waals surface area contributed by atoms with Gasteiger partial charge >= 0.3 is 0 Å². The molecule has 5 heteroatoms. The predicted molar refractivity (Wildman–Crippen MR) is 135 cm³/mol. The van der Waals surface area contributed by atoms with Gasteiger partial charge in [-0.05, 0) is 49.0 Å². The number of likely N-dealkylation sites (tertiary alicyclic amines) is 1. The number of para-hydroxylation sites is 1. The lowest BCUT2D eigenvalue weighted by Crippen LogP contribution is -2.54. The van der Waals surface area contributed by atoms with Crippen molar-refractivity contribution in [3.8, 4) is 5.75 Å². The number of benzene rings is 1. The summed E-state index contributed by atoms with van der Waals surface area (Å²) in [6, 6.07) is 9.98. The summed E-state index contributed by atoms with van der Waals surface area (Å²) in [6.07, 6.45) is 12.0. The zero-order valence-corrected chi connectivity index (χ0v) is 19.1. The molecular formula is C28H37N3O2. The molecule has 1 spiro atoms. The van der Waals surface area contributed by atoms with Gasteiger partial charge in [-0.3, -0.25) is 9.69 Å². The molecule has 1 fully saturated rings. The van der Waals surface area contributed by atoms with Crippen molar-refractivity contribution in [1.29, 1.82) is 0 Å². The highest BCUT2D eigenvalue weighted by Gasteiger charge is 2.50. The Morgan fingerprint density at radius 1 is 1.21 bits per heavy atom. The molecule has 2 unspecified atom stereocenters. The molecule has 176 valence electrons. The summed E-state index contributed by atoms with van der Waals surface area (Å²) in [6.45, 7) is 8.08. The molecule has 1 aromatic carbocycles. The SMILES string of the molecule is C.CC(=O)N1CCc2c([nH]c3c2/C=C\C(C)C/C=C/3)C12CCN(CCOc1ccccc1)C2. The smallest absolute Gasteiger partial charge is 0.220 e. The molecule has 2 atom stereocenters. The molecular weight excluding hydrogens is 410 g/mol. The number of carbonyl (C=O) groups is 1. The number of nitrogens with zero attached hydrogens (tertiary/aromatic N) is 2. The molecule has 5 nitrogen and oxygen atoms in total. The van der Waals surface area contributed by atoms with Crippen LogP contribution in [0.25, 0.3) is 12.2 Å². The molecule has 0 saturated carbocycles. The first-order chi connectivity index (χ1) is 15.6. The number of amides is 1. The molecule has 1 N–H and O–H groups in total. The quantitative estimate of drug-likeness (QED) is 0.709. The van der Waals surface area contributed by atoms with E-state index < -0.39 is 0 Å². The Labute approximate surface area is 198 Å². The van der Waals surface area contributed by atoms with E-state index in [4.69, 9.17) is 4.74 Å². The lowest BCUT2D eigenvalue weighted by atomic mass is 9.83. The minimum Gasteiger partial charge on any atom is -0.492 e. The summed E-state index contributed by atoms with van der Waals surface area (Å²) in [5, 5.41) is 0. The van der Waals surface area contributed by atoms with Crippen LogP contribution in [0.5, 0.6) is 5.75 Å². The molecule has 2 aromatic rings. The van der Waals surface area contributed by atoms with Gasteiger partial charge in [0.05, 0.1) is 5.54 Å². The molecule has 1 aliphatic carbocycles. The molecule has 1 amide bonds. The number of ether oxygens (including phenoxy) is 1. The number of allylic oxidation sites excluding steroid dienone is 2. The summed E-state index contributed by atoms with van der Waals surface area (Å²) in [5.74, 6) is 1.62. The first kappa shape index (κ1) is 23.4. The maximum atomic E-state index is 12.7. The van der Waals surface area contributed by atoms with Crippen LogP contribution >= 0.6 is 0 Å². The average molecular weight is 448 g/mol. The Bertz CT molecular complexity index is 1040. The van der Waals surface area contributed by atoms with Crippen molar-refractivity contribution < 1.29 is 9.53 Å². The number of H-pyrrole nitrogens is 1. The van der Waals surface area contributed by atoms with E-state index in [2.05, 4.69) is 46.0 Å². The van der Waals surface area contributed by atoms with E-state index >= 15 is 0 Å². The van der Waals surface area contributed by atoms with Gasteiger partial charge in [0.15, 0.2) is 0 Å². The van der Waals surface area contributed by atoms with E-state index in [9.17, 15) is 4.79 Å². The number of fused-ring (bicyclic) bond motifs is 4. The fourth-order valence-corrected chi connectivity index (χ4v) is 5.62. The van der Waals surface area contributed by atoms with Crippen molar-refractivity contribution in [3.05, 3.63) is 65.0 Å². The summed E-state index contributed by atoms with van der Waals surface area (Å²) in [4.78, 5) is 21.0. The maximum absolute atomic E-state index is 12.7. The molecule has 1 saturated heterocycles. The minimum absolute atomic E-state index is 0. The number of hydrogen-bond acceptors (Lipinski definition) is 3. The lowest BCUT2D eigenvalue weighted by Gasteiger charge is -2.44. The number of hydrogen-bond donors (Lipinski definition) is 1. The molecule has 33 heavy (non-hydrogen) atoms. The van der Waals surface area contributed by atoms with Crippen molar-refractivity contribution >= 4 is 18.1 Å². The van der Waals surface area contributed by atoms with Gasteiger partial charge in [0.25, 0.3) is 0 Å². The van der Waals surface area contributed by atoms with Crippen LogP contribution in [-0.2, 0) is 16.8 Å². The molecule has 3 aliphatic rings. The number of aromatic amines is 1. The van der Waals surface area contributed by atoms with Gasteiger partial charge < -0.3 is 14.6 Å². The van der Waals surface area contributed by atoms with Crippen molar-refractivity contribution in [1.82, 2.24) is 14.8 Å². The first-order valence-corrected chi connectivity index (χ1v) is 11.9. The number of nitrogens with one attached hydrogen (secondary N) is 1. The van der Waals surface area contributed by atoms with Crippen LogP contribution < -0.4 is 4.74 Å². The van der Waals surface area contributed by atoms with Gasteiger partial charge in [-0.15, -0.1) is 0 Å². The zero-order chi connectivity index (χ0) is 22.1. The van der Waals surface area contributed by atoms with E-state index in [1.807, 2.05) is 30.3 Å². The Balaban J connectivity index is 0.00000259. The van der Waals surface area contributed by atoms with Crippen molar-refractivity contribution in [2.45, 2.75) is 46.1 Å². The minimum atomic E-state index is -0.277. The Morgan fingerprint density at radius 2 is 2.03 bits per heavy atom. The van der Waals surface area contributed by atoms with Crippen molar-refractivity contribution in [3.63, 3.8) is 0 Å². The molecule has 5 rings (SSSR count). The molecule has 0 bridgehead atoms. The van der Waals surface area contributed by atoms with Crippen molar-refractivity contribution in [2.24, 2.45) is 5.92 Å². The Kier molecular flexibility index (Phi) is 6.80. The monoisotopic (exact) mass is 447 g/mol. The van der Waals surface area contributed by atoms with Crippen LogP contribution in [0.4, 0.5) is 0 Å². The van der Waals surface area contributed by atoms with E-state index in [0.29, 0.717) is 12.5 Å². The third-order valence-electron chi connectivity index (χ3n) is 7.25. The lowest BCUT2D eigenvalue weighted by molar-refractivity contribution is -0.136. The highest BCUT2D eigenvalue weighted by atomic mass is 16.5. The van der Waals surface area contributed by atoms with Crippen LogP contribution in [0.3, 0.4) is 0 Å². The normalized spacial score (nSPS) is 26.0. The van der Waals surface area contributed by atoms with Crippen LogP contribution in [0, 0.1) is 5.92 Å². The fraction of sp³-hybridized carbons (Fsp3) is 0.464. The molecule has 1 aromatic heterocycles. The van der Waals surface area contributed by atoms with Crippen LogP contribution in [-0.4, -0.2) is 53.5 Å². The Morgan fingerprint density at radius 3 is 2.82 bits per heavy atom. The van der Waals surface area contributed by atoms with Crippen molar-refractivity contribution in [2.75, 3.05) is 32.8 Å². The second-order valence-electron chi connectivity index (χ2n) is 9.42. The fourth-order valence-electron chi connectivity index (χ4n) is 5.62. The van der Waals surface area contributed by atoms with Crippen LogP contribution in [0.2, 0.25) is 0 Å². The van der Waals surface area contributed by atoms with Gasteiger partial charge in [-0.2, -0.15) is 0 Å². The number of rotatable bonds is 4. The highest BCUT2D eigenvalue weighted by molar-refractivity contribution is 5.77. The average Bonchev–Trinajstić information content (AvgIpc) is 3.34. The van der Waals surface area contributed by atoms with E-state index in [1.165, 1.54) is 22.5 Å². The first-order valence-electron chi connectivity index (χ1n) is 11.9. The number of aromatic nitrogens is 1. The third kappa shape index (κ3) is 4.39. The number of carbonyl (C=O) groups excluding carboxylic acids is 1. The van der Waals surface area contributed by atoms with E-state index in [-0.39, 0.29) is 18.9 Å². The largest absolute Gasteiger partial charge is 0.492 e. The zero-order valence-electron chi connectivity index (χ0n) is 19.1. The van der Waals surface area contributed by atoms with Crippen LogP contribution in [0.1, 0.15) is 56.6 Å². The third-order valence-corrected chi connectivity index (χ3v) is 7.25. The maximum Gasteiger partial charge on any atom is 0.220 e. The summed E-state index contributed by atoms with van der Waals surface area (Å²) in [7, 11) is 0. The predicted octanol–water partition coefficient (Wildman–Crippen LogP) is 5.10. The van der Waals surface area contributed by atoms with Gasteiger partial charge in [0.2, 0.25) is 5.91 Å². The summed E-state index contributed by atoms with van der Waals surface area (Å²) < 4.78 is 5.94. The molecule has 0 radical (unpaired) electrons. The summed E-state index contributed by atoms with van der Waals surface area (Å²) in [5.41, 5.74) is 4.87. The van der Waals surface area contributed by atoms with Crippen LogP contribution in [0.15, 0.2) is 42.5 Å².